The first-order chi connectivity index (χ1) is 17.7. The number of benzene rings is 2. The molecule has 3 aromatic carbocycles. The molecule has 1 heterocycles. The highest BCUT2D eigenvalue weighted by molar-refractivity contribution is 5.90. The molecule has 0 spiro atoms. The van der Waals surface area contributed by atoms with E-state index in [1.54, 1.807) is 31.4 Å². The molecular formula is C26H24F2N4O5. The van der Waals surface area contributed by atoms with E-state index in [0.29, 0.717) is 11.4 Å². The van der Waals surface area contributed by atoms with Crippen LogP contribution in [0.4, 0.5) is 42.0 Å². The normalized spacial score (nSPS) is 14.6. The number of nitrogens with zero attached hydrogens (tertiary/aromatic N) is 1. The van der Waals surface area contributed by atoms with Crippen LogP contribution in [-0.2, 0) is 9.53 Å². The van der Waals surface area contributed by atoms with Crippen LogP contribution in [0.5, 0.6) is 5.75 Å². The Bertz CT molecular complexity index is 1360. The molecule has 1 unspecified atom stereocenters. The lowest BCUT2D eigenvalue weighted by Crippen LogP contribution is -2.33. The molecule has 37 heavy (non-hydrogen) atoms. The van der Waals surface area contributed by atoms with Crippen LogP contribution in [0, 0.1) is 11.6 Å². The number of hydrogen-bond acceptors (Lipinski definition) is 7. The fourth-order valence-electron chi connectivity index (χ4n) is 3.66. The smallest absolute Gasteiger partial charge is 0.414 e. The highest BCUT2D eigenvalue weighted by atomic mass is 19.1. The van der Waals surface area contributed by atoms with Gasteiger partial charge >= 0.3 is 6.09 Å². The molecule has 192 valence electrons. The summed E-state index contributed by atoms with van der Waals surface area (Å²) >= 11 is 0. The molecule has 4 rings (SSSR count). The second-order valence-electron chi connectivity index (χ2n) is 8.22. The molecule has 0 radical (unpaired) electrons. The van der Waals surface area contributed by atoms with Crippen molar-refractivity contribution in [2.75, 3.05) is 35.7 Å². The summed E-state index contributed by atoms with van der Waals surface area (Å²) in [6.45, 7) is 1.44. The van der Waals surface area contributed by atoms with E-state index in [-0.39, 0.29) is 41.5 Å². The predicted molar refractivity (Wildman–Crippen MR) is 135 cm³/mol. The zero-order chi connectivity index (χ0) is 26.5. The average Bonchev–Trinajstić information content (AvgIpc) is 3.16. The van der Waals surface area contributed by atoms with Gasteiger partial charge in [0.1, 0.15) is 17.5 Å². The van der Waals surface area contributed by atoms with Crippen LogP contribution >= 0.6 is 0 Å². The van der Waals surface area contributed by atoms with Gasteiger partial charge in [0.05, 0.1) is 31.6 Å². The zero-order valence-electron chi connectivity index (χ0n) is 20.0. The van der Waals surface area contributed by atoms with Gasteiger partial charge < -0.3 is 25.4 Å². The number of ether oxygens (including phenoxy) is 2. The number of nitrogens with one attached hydrogen (secondary N) is 3. The summed E-state index contributed by atoms with van der Waals surface area (Å²) < 4.78 is 40.1. The second kappa shape index (κ2) is 10.9. The Morgan fingerprint density at radius 2 is 1.62 bits per heavy atom. The first-order valence-corrected chi connectivity index (χ1v) is 11.3. The van der Waals surface area contributed by atoms with Crippen molar-refractivity contribution in [1.82, 2.24) is 5.32 Å². The minimum Gasteiger partial charge on any atom is -0.497 e. The van der Waals surface area contributed by atoms with Crippen LogP contribution in [0.2, 0.25) is 0 Å². The lowest BCUT2D eigenvalue weighted by molar-refractivity contribution is -0.119. The maximum atomic E-state index is 14.9. The first-order valence-electron chi connectivity index (χ1n) is 11.3. The summed E-state index contributed by atoms with van der Waals surface area (Å²) in [6, 6.07) is 14.7. The van der Waals surface area contributed by atoms with E-state index in [9.17, 15) is 23.2 Å². The fourth-order valence-corrected chi connectivity index (χ4v) is 3.66. The third-order valence-electron chi connectivity index (χ3n) is 5.54. The molecule has 1 aliphatic heterocycles. The van der Waals surface area contributed by atoms with E-state index in [2.05, 4.69) is 16.0 Å². The van der Waals surface area contributed by atoms with E-state index in [1.165, 1.54) is 31.2 Å². The lowest BCUT2D eigenvalue weighted by Gasteiger charge is -2.16. The number of methoxy groups -OCH3 is 1. The topological polar surface area (TPSA) is 109 Å². The van der Waals surface area contributed by atoms with E-state index < -0.39 is 29.5 Å². The first kappa shape index (κ1) is 25.4. The maximum Gasteiger partial charge on any atom is 0.414 e. The highest BCUT2D eigenvalue weighted by Crippen LogP contribution is 2.30. The third kappa shape index (κ3) is 6.13. The molecule has 0 aromatic heterocycles. The summed E-state index contributed by atoms with van der Waals surface area (Å²) in [4.78, 5) is 36.8. The minimum atomic E-state index is -0.946. The largest absolute Gasteiger partial charge is 0.497 e. The second-order valence-corrected chi connectivity index (χ2v) is 8.22. The number of rotatable bonds is 8. The summed E-state index contributed by atoms with van der Waals surface area (Å²) in [5, 5.41) is 8.19. The van der Waals surface area contributed by atoms with Crippen LogP contribution in [0.15, 0.2) is 65.5 Å². The molecule has 3 N–H and O–H groups in total. The quantitative estimate of drug-likeness (QED) is 0.415. The minimum absolute atomic E-state index is 0.0234. The number of hydrogen-bond donors (Lipinski definition) is 3. The van der Waals surface area contributed by atoms with Crippen molar-refractivity contribution in [1.29, 1.82) is 0 Å². The van der Waals surface area contributed by atoms with Gasteiger partial charge in [0, 0.05) is 30.4 Å². The molecule has 0 aliphatic carbocycles. The van der Waals surface area contributed by atoms with Crippen molar-refractivity contribution in [2.45, 2.75) is 13.0 Å². The van der Waals surface area contributed by atoms with Crippen LogP contribution in [-0.4, -0.2) is 38.3 Å². The van der Waals surface area contributed by atoms with Gasteiger partial charge in [-0.25, -0.2) is 13.6 Å². The molecule has 1 fully saturated rings. The van der Waals surface area contributed by atoms with E-state index in [1.807, 2.05) is 0 Å². The van der Waals surface area contributed by atoms with Crippen molar-refractivity contribution in [3.05, 3.63) is 82.5 Å². The summed E-state index contributed by atoms with van der Waals surface area (Å²) in [5.74, 6) is -1.51. The molecule has 2 amide bonds. The van der Waals surface area contributed by atoms with Crippen molar-refractivity contribution in [2.24, 2.45) is 0 Å². The molecule has 0 bridgehead atoms. The molecule has 1 atom stereocenters. The molecule has 0 saturated carbocycles. The molecule has 3 aromatic rings. The van der Waals surface area contributed by atoms with Gasteiger partial charge in [-0.2, -0.15) is 0 Å². The fraction of sp³-hybridized carbons (Fsp3) is 0.192. The molecule has 11 heteroatoms. The Morgan fingerprint density at radius 1 is 1.00 bits per heavy atom. The predicted octanol–water partition coefficient (Wildman–Crippen LogP) is 4.28. The SMILES string of the molecule is COc1ccc(Nc2ccc(Nc3c(F)cc(N4CC(CNC(C)=O)OC4=O)cc3F)ccc2=O)cc1. The Balaban J connectivity index is 1.50. The van der Waals surface area contributed by atoms with Gasteiger partial charge in [-0.15, -0.1) is 0 Å². The van der Waals surface area contributed by atoms with Gasteiger partial charge in [0.2, 0.25) is 11.3 Å². The van der Waals surface area contributed by atoms with Crippen LogP contribution in [0.25, 0.3) is 0 Å². The Morgan fingerprint density at radius 3 is 2.27 bits per heavy atom. The Kier molecular flexibility index (Phi) is 7.52. The van der Waals surface area contributed by atoms with Gasteiger partial charge in [-0.05, 0) is 48.5 Å². The third-order valence-corrected chi connectivity index (χ3v) is 5.54. The highest BCUT2D eigenvalue weighted by Gasteiger charge is 2.33. The number of amides is 2. The van der Waals surface area contributed by atoms with Gasteiger partial charge in [-0.3, -0.25) is 14.5 Å². The van der Waals surface area contributed by atoms with Crippen LogP contribution in [0.1, 0.15) is 6.92 Å². The van der Waals surface area contributed by atoms with Gasteiger partial charge in [0.15, 0.2) is 11.6 Å². The van der Waals surface area contributed by atoms with Crippen molar-refractivity contribution in [3.63, 3.8) is 0 Å². The standard InChI is InChI=1S/C26H24F2N4O5/c1-15(33)29-13-20-14-32(26(35)37-20)18-11-21(27)25(22(28)12-18)31-17-5-9-23(24(34)10-6-17)30-16-3-7-19(36-2)8-4-16/h3-12,20,31H,13-14H2,1-2H3,(H,29,33)(H,30,34). The average molecular weight is 510 g/mol. The van der Waals surface area contributed by atoms with E-state index in [4.69, 9.17) is 9.47 Å². The van der Waals surface area contributed by atoms with Crippen molar-refractivity contribution < 1.29 is 27.8 Å². The maximum absolute atomic E-state index is 14.9. The molecule has 1 saturated heterocycles. The molecule has 9 nitrogen and oxygen atoms in total. The summed E-state index contributed by atoms with van der Waals surface area (Å²) in [7, 11) is 1.55. The molecular weight excluding hydrogens is 486 g/mol. The van der Waals surface area contributed by atoms with Crippen LogP contribution in [0.3, 0.4) is 0 Å². The number of carbonyl (C=O) groups is 2. The number of anilines is 5. The Hall–Kier alpha value is -4.67. The van der Waals surface area contributed by atoms with Gasteiger partial charge in [-0.1, -0.05) is 0 Å². The number of carbonyl (C=O) groups excluding carboxylic acids is 2. The summed E-state index contributed by atoms with van der Waals surface area (Å²) in [6.07, 6.45) is -1.42. The van der Waals surface area contributed by atoms with Crippen molar-refractivity contribution in [3.8, 4) is 5.75 Å². The number of halogens is 2. The van der Waals surface area contributed by atoms with E-state index in [0.717, 1.165) is 17.0 Å². The monoisotopic (exact) mass is 510 g/mol. The van der Waals surface area contributed by atoms with E-state index >= 15 is 0 Å². The Labute approximate surface area is 211 Å². The van der Waals surface area contributed by atoms with Crippen LogP contribution < -0.4 is 31.0 Å². The number of cyclic esters (lactones) is 1. The van der Waals surface area contributed by atoms with Gasteiger partial charge in [0.25, 0.3) is 0 Å². The zero-order valence-corrected chi connectivity index (χ0v) is 20.0. The summed E-state index contributed by atoms with van der Waals surface area (Å²) in [5.41, 5.74) is 0.376. The lowest BCUT2D eigenvalue weighted by atomic mass is 10.2. The molecule has 1 aliphatic rings. The van der Waals surface area contributed by atoms with Crippen molar-refractivity contribution >= 4 is 40.4 Å².